The van der Waals surface area contributed by atoms with Gasteiger partial charge in [-0.05, 0) is 19.8 Å². The van der Waals surface area contributed by atoms with Gasteiger partial charge in [0.1, 0.15) is 0 Å². The van der Waals surface area contributed by atoms with Crippen LogP contribution in [0.15, 0.2) is 48.6 Å². The Labute approximate surface area is 75.0 Å². The van der Waals surface area contributed by atoms with Crippen LogP contribution >= 0.6 is 0 Å². The van der Waals surface area contributed by atoms with Gasteiger partial charge in [0.2, 0.25) is 0 Å². The minimum Gasteiger partial charge on any atom is -0.103 e. The van der Waals surface area contributed by atoms with E-state index in [2.05, 4.69) is 38.3 Å². The van der Waals surface area contributed by atoms with Crippen LogP contribution in [0, 0.1) is 5.92 Å². The first-order chi connectivity index (χ1) is 5.74. The Morgan fingerprint density at radius 1 is 1.67 bits per heavy atom. The van der Waals surface area contributed by atoms with E-state index >= 15 is 0 Å². The Balaban J connectivity index is 2.54. The summed E-state index contributed by atoms with van der Waals surface area (Å²) >= 11 is 0. The van der Waals surface area contributed by atoms with Crippen LogP contribution in [0.5, 0.6) is 0 Å². The molecule has 0 spiro atoms. The highest BCUT2D eigenvalue weighted by Crippen LogP contribution is 2.27. The zero-order chi connectivity index (χ0) is 8.97. The van der Waals surface area contributed by atoms with Crippen LogP contribution in [0.2, 0.25) is 0 Å². The summed E-state index contributed by atoms with van der Waals surface area (Å²) in [6, 6.07) is 0. The van der Waals surface area contributed by atoms with Crippen molar-refractivity contribution in [1.29, 1.82) is 0 Å². The van der Waals surface area contributed by atoms with Crippen LogP contribution in [0.4, 0.5) is 0 Å². The lowest BCUT2D eigenvalue weighted by Gasteiger charge is -2.11. The predicted molar refractivity (Wildman–Crippen MR) is 55.0 cm³/mol. The van der Waals surface area contributed by atoms with Crippen molar-refractivity contribution in [2.75, 3.05) is 0 Å². The lowest BCUT2D eigenvalue weighted by molar-refractivity contribution is 0.761. The quantitative estimate of drug-likeness (QED) is 0.551. The molecule has 1 atom stereocenters. The highest BCUT2D eigenvalue weighted by Gasteiger charge is 2.12. The summed E-state index contributed by atoms with van der Waals surface area (Å²) in [5.74, 6) is 0.583. The van der Waals surface area contributed by atoms with Gasteiger partial charge in [0.05, 0.1) is 0 Å². The molecule has 0 aromatic heterocycles. The minimum atomic E-state index is 0.583. The second-order valence-corrected chi connectivity index (χ2v) is 3.39. The molecule has 0 heteroatoms. The molecule has 0 aromatic carbocycles. The van der Waals surface area contributed by atoms with Crippen LogP contribution in [0.1, 0.15) is 19.8 Å². The van der Waals surface area contributed by atoms with E-state index in [-0.39, 0.29) is 0 Å². The maximum Gasteiger partial charge on any atom is 0.00206 e. The van der Waals surface area contributed by atoms with Crippen LogP contribution in [0.3, 0.4) is 0 Å². The maximum absolute atomic E-state index is 3.92. The zero-order valence-corrected chi connectivity index (χ0v) is 7.72. The van der Waals surface area contributed by atoms with Crippen LogP contribution < -0.4 is 0 Å². The third kappa shape index (κ3) is 2.23. The summed E-state index contributed by atoms with van der Waals surface area (Å²) in [6.07, 6.45) is 10.6. The van der Waals surface area contributed by atoms with E-state index in [9.17, 15) is 0 Å². The average molecular weight is 160 g/mol. The number of allylic oxidation sites excluding steroid dienone is 6. The van der Waals surface area contributed by atoms with Gasteiger partial charge in [0.25, 0.3) is 0 Å². The lowest BCUT2D eigenvalue weighted by Crippen LogP contribution is -1.96. The molecule has 0 saturated carbocycles. The Morgan fingerprint density at radius 2 is 2.42 bits per heavy atom. The van der Waals surface area contributed by atoms with Crippen LogP contribution in [-0.2, 0) is 0 Å². The zero-order valence-electron chi connectivity index (χ0n) is 7.72. The van der Waals surface area contributed by atoms with E-state index < -0.39 is 0 Å². The van der Waals surface area contributed by atoms with Crippen LogP contribution in [0.25, 0.3) is 0 Å². The van der Waals surface area contributed by atoms with Gasteiger partial charge < -0.3 is 0 Å². The van der Waals surface area contributed by atoms with Gasteiger partial charge in [-0.3, -0.25) is 0 Å². The summed E-state index contributed by atoms with van der Waals surface area (Å²) in [6.45, 7) is 9.75. The topological polar surface area (TPSA) is 0 Å². The molecule has 0 heterocycles. The first kappa shape index (κ1) is 9.05. The van der Waals surface area contributed by atoms with E-state index in [0.717, 1.165) is 12.8 Å². The first-order valence-corrected chi connectivity index (χ1v) is 4.36. The van der Waals surface area contributed by atoms with Crippen molar-refractivity contribution in [3.05, 3.63) is 48.6 Å². The van der Waals surface area contributed by atoms with E-state index in [1.165, 1.54) is 11.1 Å². The summed E-state index contributed by atoms with van der Waals surface area (Å²) in [5.41, 5.74) is 2.71. The summed E-state index contributed by atoms with van der Waals surface area (Å²) < 4.78 is 0. The number of rotatable bonds is 4. The third-order valence-electron chi connectivity index (χ3n) is 2.06. The summed E-state index contributed by atoms with van der Waals surface area (Å²) in [4.78, 5) is 0. The molecule has 12 heavy (non-hydrogen) atoms. The van der Waals surface area contributed by atoms with Gasteiger partial charge in [0.15, 0.2) is 0 Å². The fraction of sp³-hybridized carbons (Fsp3) is 0.333. The summed E-state index contributed by atoms with van der Waals surface area (Å²) in [7, 11) is 0. The smallest absolute Gasteiger partial charge is 0.00206 e. The molecule has 1 aliphatic rings. The molecule has 0 nitrogen and oxygen atoms in total. The van der Waals surface area contributed by atoms with Crippen molar-refractivity contribution in [3.8, 4) is 0 Å². The Bertz CT molecular complexity index is 241. The molecule has 0 saturated heterocycles. The Morgan fingerprint density at radius 3 is 3.00 bits per heavy atom. The van der Waals surface area contributed by atoms with Gasteiger partial charge in [-0.1, -0.05) is 42.0 Å². The van der Waals surface area contributed by atoms with Gasteiger partial charge in [-0.2, -0.15) is 0 Å². The van der Waals surface area contributed by atoms with E-state index in [1.807, 2.05) is 6.08 Å². The number of hydrogen-bond donors (Lipinski definition) is 0. The minimum absolute atomic E-state index is 0.583. The fourth-order valence-electron chi connectivity index (χ4n) is 1.51. The largest absolute Gasteiger partial charge is 0.103 e. The average Bonchev–Trinajstić information content (AvgIpc) is 2.37. The van der Waals surface area contributed by atoms with Crippen molar-refractivity contribution in [2.45, 2.75) is 19.8 Å². The van der Waals surface area contributed by atoms with Crippen molar-refractivity contribution >= 4 is 0 Å². The second kappa shape index (κ2) is 4.10. The van der Waals surface area contributed by atoms with Crippen molar-refractivity contribution in [1.82, 2.24) is 0 Å². The molecule has 64 valence electrons. The molecule has 1 rings (SSSR count). The monoisotopic (exact) mass is 160 g/mol. The molecule has 0 N–H and O–H groups in total. The SMILES string of the molecule is C=CCC1C=CC=C1CC(=C)C. The summed E-state index contributed by atoms with van der Waals surface area (Å²) in [5, 5.41) is 0. The van der Waals surface area contributed by atoms with Crippen molar-refractivity contribution < 1.29 is 0 Å². The first-order valence-electron chi connectivity index (χ1n) is 4.36. The molecule has 1 aliphatic carbocycles. The van der Waals surface area contributed by atoms with Crippen LogP contribution in [-0.4, -0.2) is 0 Å². The molecule has 0 fully saturated rings. The van der Waals surface area contributed by atoms with E-state index in [4.69, 9.17) is 0 Å². The Kier molecular flexibility index (Phi) is 3.09. The molecular weight excluding hydrogens is 144 g/mol. The van der Waals surface area contributed by atoms with Crippen molar-refractivity contribution in [2.24, 2.45) is 5.92 Å². The lowest BCUT2D eigenvalue weighted by atomic mass is 9.94. The maximum atomic E-state index is 3.92. The van der Waals surface area contributed by atoms with Gasteiger partial charge >= 0.3 is 0 Å². The molecule has 0 amide bonds. The predicted octanol–water partition coefficient (Wildman–Crippen LogP) is 3.64. The normalized spacial score (nSPS) is 20.8. The van der Waals surface area contributed by atoms with E-state index in [0.29, 0.717) is 5.92 Å². The molecule has 1 unspecified atom stereocenters. The Hall–Kier alpha value is -1.04. The highest BCUT2D eigenvalue weighted by molar-refractivity contribution is 5.30. The van der Waals surface area contributed by atoms with Gasteiger partial charge in [-0.15, -0.1) is 6.58 Å². The van der Waals surface area contributed by atoms with E-state index in [1.54, 1.807) is 0 Å². The van der Waals surface area contributed by atoms with Gasteiger partial charge in [0, 0.05) is 5.92 Å². The second-order valence-electron chi connectivity index (χ2n) is 3.39. The highest BCUT2D eigenvalue weighted by atomic mass is 14.2. The molecule has 0 bridgehead atoms. The third-order valence-corrected chi connectivity index (χ3v) is 2.06. The molecular formula is C12H16. The standard InChI is InChI=1S/C12H16/c1-4-6-11-7-5-8-12(11)9-10(2)3/h4-5,7-8,11H,1-2,6,9H2,3H3. The molecule has 0 radical (unpaired) electrons. The fourth-order valence-corrected chi connectivity index (χ4v) is 1.51. The molecule has 0 aromatic rings. The van der Waals surface area contributed by atoms with Gasteiger partial charge in [-0.25, -0.2) is 0 Å². The molecule has 0 aliphatic heterocycles. The number of hydrogen-bond acceptors (Lipinski definition) is 0. The van der Waals surface area contributed by atoms with Crippen molar-refractivity contribution in [3.63, 3.8) is 0 Å².